The molecule has 1 atom stereocenters. The Hall–Kier alpha value is -0.130. The highest BCUT2D eigenvalue weighted by Gasteiger charge is 2.31. The van der Waals surface area contributed by atoms with Gasteiger partial charge in [0.1, 0.15) is 0 Å². The summed E-state index contributed by atoms with van der Waals surface area (Å²) in [6.45, 7) is 6.76. The Bertz CT molecular complexity index is 260. The molecule has 1 fully saturated rings. The zero-order valence-corrected chi connectivity index (χ0v) is 9.24. The molecule has 0 aromatic heterocycles. The van der Waals surface area contributed by atoms with Crippen molar-refractivity contribution in [1.82, 2.24) is 10.0 Å². The summed E-state index contributed by atoms with van der Waals surface area (Å²) in [7, 11) is -3.17. The summed E-state index contributed by atoms with van der Waals surface area (Å²) in [5, 5.41) is 3.12. The van der Waals surface area contributed by atoms with Crippen molar-refractivity contribution < 1.29 is 8.42 Å². The molecule has 1 heterocycles. The lowest BCUT2D eigenvalue weighted by atomic mass is 10.3. The van der Waals surface area contributed by atoms with E-state index in [2.05, 4.69) is 10.0 Å². The van der Waals surface area contributed by atoms with Crippen molar-refractivity contribution in [3.05, 3.63) is 0 Å². The highest BCUT2D eigenvalue weighted by molar-refractivity contribution is 7.90. The molecule has 1 saturated heterocycles. The van der Waals surface area contributed by atoms with Gasteiger partial charge in [-0.25, -0.2) is 13.1 Å². The zero-order valence-electron chi connectivity index (χ0n) is 8.42. The Labute approximate surface area is 80.1 Å². The van der Waals surface area contributed by atoms with Gasteiger partial charge < -0.3 is 5.32 Å². The molecule has 78 valence electrons. The number of hydrogen-bond donors (Lipinski definition) is 2. The normalized spacial score (nSPS) is 25.0. The number of sulfonamides is 1. The van der Waals surface area contributed by atoms with E-state index in [0.717, 1.165) is 19.5 Å². The Morgan fingerprint density at radius 3 is 2.38 bits per heavy atom. The van der Waals surface area contributed by atoms with Crippen LogP contribution < -0.4 is 10.0 Å². The second kappa shape index (κ2) is 3.55. The van der Waals surface area contributed by atoms with Crippen LogP contribution in [0.5, 0.6) is 0 Å². The number of hydrogen-bond acceptors (Lipinski definition) is 3. The molecule has 0 bridgehead atoms. The predicted molar refractivity (Wildman–Crippen MR) is 53.1 cm³/mol. The highest BCUT2D eigenvalue weighted by Crippen LogP contribution is 2.14. The summed E-state index contributed by atoms with van der Waals surface area (Å²) in [5.74, 6) is 0. The van der Waals surface area contributed by atoms with Gasteiger partial charge in [0, 0.05) is 12.6 Å². The van der Waals surface area contributed by atoms with Crippen LogP contribution in [-0.2, 0) is 10.0 Å². The molecule has 0 aromatic carbocycles. The van der Waals surface area contributed by atoms with Crippen LogP contribution in [0, 0.1) is 0 Å². The first-order valence-corrected chi connectivity index (χ1v) is 6.04. The van der Waals surface area contributed by atoms with Gasteiger partial charge in [-0.1, -0.05) is 0 Å². The fraction of sp³-hybridized carbons (Fsp3) is 1.00. The quantitative estimate of drug-likeness (QED) is 0.672. The first-order chi connectivity index (χ1) is 5.83. The van der Waals surface area contributed by atoms with E-state index in [9.17, 15) is 8.42 Å². The largest absolute Gasteiger partial charge is 0.315 e. The van der Waals surface area contributed by atoms with E-state index in [1.54, 1.807) is 20.8 Å². The van der Waals surface area contributed by atoms with Gasteiger partial charge in [-0.15, -0.1) is 0 Å². The molecule has 4 nitrogen and oxygen atoms in total. The second-order valence-electron chi connectivity index (χ2n) is 4.42. The molecule has 0 spiro atoms. The molecule has 0 aliphatic carbocycles. The van der Waals surface area contributed by atoms with Gasteiger partial charge in [0.05, 0.1) is 4.75 Å². The Morgan fingerprint density at radius 1 is 1.38 bits per heavy atom. The minimum atomic E-state index is -3.17. The predicted octanol–water partition coefficient (Wildman–Crippen LogP) is 0.0662. The van der Waals surface area contributed by atoms with Gasteiger partial charge in [-0.3, -0.25) is 0 Å². The summed E-state index contributed by atoms with van der Waals surface area (Å²) in [6.07, 6.45) is 0.884. The molecule has 1 aliphatic heterocycles. The fourth-order valence-electron chi connectivity index (χ4n) is 1.15. The van der Waals surface area contributed by atoms with Crippen LogP contribution >= 0.6 is 0 Å². The lowest BCUT2D eigenvalue weighted by Gasteiger charge is -2.22. The van der Waals surface area contributed by atoms with Crippen molar-refractivity contribution in [2.24, 2.45) is 0 Å². The SMILES string of the molecule is CC(C)(C)S(=O)(=O)N[C@@H]1CCNC1. The van der Waals surface area contributed by atoms with E-state index >= 15 is 0 Å². The molecule has 0 radical (unpaired) electrons. The van der Waals surface area contributed by atoms with Crippen molar-refractivity contribution in [3.63, 3.8) is 0 Å². The molecule has 2 N–H and O–H groups in total. The monoisotopic (exact) mass is 206 g/mol. The first kappa shape index (κ1) is 10.9. The third-order valence-electron chi connectivity index (χ3n) is 2.19. The van der Waals surface area contributed by atoms with Crippen LogP contribution in [-0.4, -0.2) is 32.3 Å². The fourth-order valence-corrected chi connectivity index (χ4v) is 2.15. The minimum absolute atomic E-state index is 0.0734. The van der Waals surface area contributed by atoms with Gasteiger partial charge in [-0.2, -0.15) is 0 Å². The Balaban J connectivity index is 2.62. The van der Waals surface area contributed by atoms with Crippen molar-refractivity contribution in [2.45, 2.75) is 38.0 Å². The van der Waals surface area contributed by atoms with Crippen LogP contribution in [0.2, 0.25) is 0 Å². The molecular formula is C8H18N2O2S. The van der Waals surface area contributed by atoms with E-state index in [1.165, 1.54) is 0 Å². The standard InChI is InChI=1S/C8H18N2O2S/c1-8(2,3)13(11,12)10-7-4-5-9-6-7/h7,9-10H,4-6H2,1-3H3/t7-/m1/s1. The molecule has 13 heavy (non-hydrogen) atoms. The maximum atomic E-state index is 11.7. The van der Waals surface area contributed by atoms with Gasteiger partial charge in [-0.05, 0) is 33.7 Å². The molecule has 1 rings (SSSR count). The van der Waals surface area contributed by atoms with Gasteiger partial charge in [0.25, 0.3) is 0 Å². The molecule has 1 aliphatic rings. The topological polar surface area (TPSA) is 58.2 Å². The van der Waals surface area contributed by atoms with Crippen LogP contribution in [0.1, 0.15) is 27.2 Å². The van der Waals surface area contributed by atoms with Crippen molar-refractivity contribution in [1.29, 1.82) is 0 Å². The second-order valence-corrected chi connectivity index (χ2v) is 6.89. The van der Waals surface area contributed by atoms with E-state index in [4.69, 9.17) is 0 Å². The lowest BCUT2D eigenvalue weighted by Crippen LogP contribution is -2.45. The van der Waals surface area contributed by atoms with Gasteiger partial charge in [0.15, 0.2) is 0 Å². The number of rotatable bonds is 2. The van der Waals surface area contributed by atoms with Crippen molar-refractivity contribution >= 4 is 10.0 Å². The lowest BCUT2D eigenvalue weighted by molar-refractivity contribution is 0.527. The van der Waals surface area contributed by atoms with Crippen LogP contribution in [0.25, 0.3) is 0 Å². The van der Waals surface area contributed by atoms with E-state index < -0.39 is 14.8 Å². The molecule has 0 saturated carbocycles. The van der Waals surface area contributed by atoms with Gasteiger partial charge >= 0.3 is 0 Å². The summed E-state index contributed by atoms with van der Waals surface area (Å²) >= 11 is 0. The van der Waals surface area contributed by atoms with E-state index in [0.29, 0.717) is 0 Å². The maximum Gasteiger partial charge on any atom is 0.216 e. The van der Waals surface area contributed by atoms with Crippen LogP contribution in [0.15, 0.2) is 0 Å². The Morgan fingerprint density at radius 2 is 2.00 bits per heavy atom. The Kier molecular flexibility index (Phi) is 2.99. The minimum Gasteiger partial charge on any atom is -0.315 e. The number of nitrogens with one attached hydrogen (secondary N) is 2. The van der Waals surface area contributed by atoms with Gasteiger partial charge in [0.2, 0.25) is 10.0 Å². The maximum absolute atomic E-state index is 11.7. The molecular weight excluding hydrogens is 188 g/mol. The molecule has 0 amide bonds. The van der Waals surface area contributed by atoms with Crippen LogP contribution in [0.4, 0.5) is 0 Å². The summed E-state index contributed by atoms with van der Waals surface area (Å²) < 4.78 is 25.3. The van der Waals surface area contributed by atoms with Crippen molar-refractivity contribution in [2.75, 3.05) is 13.1 Å². The molecule has 0 aromatic rings. The first-order valence-electron chi connectivity index (χ1n) is 4.55. The average molecular weight is 206 g/mol. The van der Waals surface area contributed by atoms with Crippen molar-refractivity contribution in [3.8, 4) is 0 Å². The van der Waals surface area contributed by atoms with Crippen LogP contribution in [0.3, 0.4) is 0 Å². The highest BCUT2D eigenvalue weighted by atomic mass is 32.2. The smallest absolute Gasteiger partial charge is 0.216 e. The molecule has 0 unspecified atom stereocenters. The third kappa shape index (κ3) is 2.65. The summed E-state index contributed by atoms with van der Waals surface area (Å²) in [5.41, 5.74) is 0. The summed E-state index contributed by atoms with van der Waals surface area (Å²) in [4.78, 5) is 0. The van der Waals surface area contributed by atoms with E-state index in [1.807, 2.05) is 0 Å². The zero-order chi connectivity index (χ0) is 10.1. The van der Waals surface area contributed by atoms with E-state index in [-0.39, 0.29) is 6.04 Å². The average Bonchev–Trinajstić information content (AvgIpc) is 2.35. The molecule has 5 heteroatoms. The third-order valence-corrected chi connectivity index (χ3v) is 4.44. The summed E-state index contributed by atoms with van der Waals surface area (Å²) in [6, 6.07) is 0.0734.